The molecule has 1 aromatic heterocycles. The number of aromatic amines is 1. The number of amides is 2. The van der Waals surface area contributed by atoms with Crippen molar-refractivity contribution in [1.82, 2.24) is 15.2 Å². The molecule has 2 heterocycles. The zero-order valence-electron chi connectivity index (χ0n) is 11.7. The maximum absolute atomic E-state index is 12.0. The van der Waals surface area contributed by atoms with Crippen LogP contribution in [-0.2, 0) is 4.79 Å². The summed E-state index contributed by atoms with van der Waals surface area (Å²) >= 11 is 0. The van der Waals surface area contributed by atoms with Crippen LogP contribution in [0.25, 0.3) is 0 Å². The molecule has 0 aromatic carbocycles. The van der Waals surface area contributed by atoms with Crippen LogP contribution in [0, 0.1) is 0 Å². The van der Waals surface area contributed by atoms with Gasteiger partial charge in [-0.05, 0) is 25.8 Å². The van der Waals surface area contributed by atoms with Gasteiger partial charge in [-0.25, -0.2) is 0 Å². The molecule has 1 aliphatic heterocycles. The van der Waals surface area contributed by atoms with Gasteiger partial charge in [-0.3, -0.25) is 14.4 Å². The molecule has 0 bridgehead atoms. The molecule has 0 radical (unpaired) electrons. The number of likely N-dealkylation sites (tertiary alicyclic amines) is 1. The molecule has 20 heavy (non-hydrogen) atoms. The topological polar surface area (TPSA) is 82.3 Å². The maximum atomic E-state index is 12.0. The lowest BCUT2D eigenvalue weighted by molar-refractivity contribution is -0.129. The van der Waals surface area contributed by atoms with Crippen molar-refractivity contribution in [2.75, 3.05) is 13.1 Å². The minimum atomic E-state index is -0.209. The van der Waals surface area contributed by atoms with Crippen LogP contribution in [-0.4, -0.2) is 46.6 Å². The summed E-state index contributed by atoms with van der Waals surface area (Å²) in [6, 6.07) is 1.63. The van der Waals surface area contributed by atoms with Crippen LogP contribution in [0.4, 0.5) is 0 Å². The van der Waals surface area contributed by atoms with E-state index in [0.717, 1.165) is 12.8 Å². The Morgan fingerprint density at radius 2 is 1.90 bits per heavy atom. The number of nitrogens with one attached hydrogen (secondary N) is 2. The predicted octanol–water partition coefficient (Wildman–Crippen LogP) is 0.958. The second kappa shape index (κ2) is 5.90. The lowest BCUT2D eigenvalue weighted by Gasteiger charge is -2.31. The van der Waals surface area contributed by atoms with Crippen LogP contribution in [0.2, 0.25) is 0 Å². The number of ketones is 1. The Balaban J connectivity index is 1.89. The quantitative estimate of drug-likeness (QED) is 0.807. The van der Waals surface area contributed by atoms with E-state index in [4.69, 9.17) is 0 Å². The number of H-pyrrole nitrogens is 1. The van der Waals surface area contributed by atoms with Crippen molar-refractivity contribution in [3.05, 3.63) is 23.5 Å². The van der Waals surface area contributed by atoms with E-state index in [1.165, 1.54) is 13.1 Å². The zero-order valence-corrected chi connectivity index (χ0v) is 11.7. The fraction of sp³-hybridized carbons (Fsp3) is 0.500. The van der Waals surface area contributed by atoms with Crippen molar-refractivity contribution < 1.29 is 14.4 Å². The Morgan fingerprint density at radius 3 is 2.40 bits per heavy atom. The van der Waals surface area contributed by atoms with E-state index in [1.807, 2.05) is 0 Å². The molecule has 0 atom stereocenters. The maximum Gasteiger partial charge on any atom is 0.267 e. The van der Waals surface area contributed by atoms with Crippen LogP contribution in [0.1, 0.15) is 47.5 Å². The Labute approximate surface area is 117 Å². The smallest absolute Gasteiger partial charge is 0.267 e. The zero-order chi connectivity index (χ0) is 14.7. The van der Waals surface area contributed by atoms with E-state index >= 15 is 0 Å². The number of rotatable bonds is 3. The molecule has 1 aromatic rings. The van der Waals surface area contributed by atoms with Crippen molar-refractivity contribution in [1.29, 1.82) is 0 Å². The van der Waals surface area contributed by atoms with Gasteiger partial charge in [0.05, 0.1) is 0 Å². The lowest BCUT2D eigenvalue weighted by atomic mass is 10.0. The molecular formula is C14H19N3O3. The van der Waals surface area contributed by atoms with Gasteiger partial charge >= 0.3 is 0 Å². The predicted molar refractivity (Wildman–Crippen MR) is 73.5 cm³/mol. The minimum absolute atomic E-state index is 0.0715. The number of carbonyl (C=O) groups excluding carboxylic acids is 3. The average Bonchev–Trinajstić information content (AvgIpc) is 2.89. The first-order chi connectivity index (χ1) is 9.47. The van der Waals surface area contributed by atoms with Crippen LogP contribution in [0.5, 0.6) is 0 Å². The molecule has 0 aliphatic carbocycles. The Bertz CT molecular complexity index is 528. The van der Waals surface area contributed by atoms with Crippen LogP contribution in [0.3, 0.4) is 0 Å². The summed E-state index contributed by atoms with van der Waals surface area (Å²) in [4.78, 5) is 39.0. The molecule has 0 unspecified atom stereocenters. The third-order valence-electron chi connectivity index (χ3n) is 3.61. The van der Waals surface area contributed by atoms with Crippen LogP contribution in [0.15, 0.2) is 12.3 Å². The van der Waals surface area contributed by atoms with E-state index in [-0.39, 0.29) is 23.6 Å². The van der Waals surface area contributed by atoms with Gasteiger partial charge in [0, 0.05) is 37.8 Å². The molecule has 1 fully saturated rings. The highest BCUT2D eigenvalue weighted by Crippen LogP contribution is 2.12. The summed E-state index contributed by atoms with van der Waals surface area (Å²) < 4.78 is 0. The fourth-order valence-electron chi connectivity index (χ4n) is 2.33. The summed E-state index contributed by atoms with van der Waals surface area (Å²) in [6.07, 6.45) is 3.05. The highest BCUT2D eigenvalue weighted by atomic mass is 16.2. The van der Waals surface area contributed by atoms with Crippen molar-refractivity contribution in [2.24, 2.45) is 0 Å². The molecule has 0 spiro atoms. The monoisotopic (exact) mass is 277 g/mol. The summed E-state index contributed by atoms with van der Waals surface area (Å²) in [5.74, 6) is -0.209. The molecule has 108 valence electrons. The summed E-state index contributed by atoms with van der Waals surface area (Å²) in [7, 11) is 0. The largest absolute Gasteiger partial charge is 0.356 e. The fourth-order valence-corrected chi connectivity index (χ4v) is 2.33. The molecule has 2 amide bonds. The van der Waals surface area contributed by atoms with Gasteiger partial charge in [-0.1, -0.05) is 0 Å². The number of hydrogen-bond acceptors (Lipinski definition) is 3. The first-order valence-corrected chi connectivity index (χ1v) is 6.73. The average molecular weight is 277 g/mol. The van der Waals surface area contributed by atoms with Gasteiger partial charge in [-0.15, -0.1) is 0 Å². The summed E-state index contributed by atoms with van der Waals surface area (Å²) in [5.41, 5.74) is 0.894. The molecular weight excluding hydrogens is 258 g/mol. The van der Waals surface area contributed by atoms with Gasteiger partial charge in [0.25, 0.3) is 5.91 Å². The molecule has 1 aliphatic rings. The Morgan fingerprint density at radius 1 is 1.25 bits per heavy atom. The SMILES string of the molecule is CC(=O)c1c[nH]c(C(=O)NC2CCN(C(C)=O)CC2)c1. The number of nitrogens with zero attached hydrogens (tertiary/aromatic N) is 1. The van der Waals surface area contributed by atoms with Crippen LogP contribution >= 0.6 is 0 Å². The highest BCUT2D eigenvalue weighted by molar-refractivity contribution is 5.99. The highest BCUT2D eigenvalue weighted by Gasteiger charge is 2.22. The standard InChI is InChI=1S/C14H19N3O3/c1-9(18)11-7-13(15-8-11)14(20)16-12-3-5-17(6-4-12)10(2)19/h7-8,12,15H,3-6H2,1-2H3,(H,16,20). The Kier molecular flexibility index (Phi) is 4.22. The second-order valence-corrected chi connectivity index (χ2v) is 5.11. The summed E-state index contributed by atoms with van der Waals surface area (Å²) in [5, 5.41) is 2.93. The molecule has 1 saturated heterocycles. The number of piperidine rings is 1. The number of hydrogen-bond donors (Lipinski definition) is 2. The molecule has 6 heteroatoms. The Hall–Kier alpha value is -2.11. The molecule has 6 nitrogen and oxygen atoms in total. The van der Waals surface area contributed by atoms with E-state index < -0.39 is 0 Å². The van der Waals surface area contributed by atoms with E-state index in [0.29, 0.717) is 24.3 Å². The first kappa shape index (κ1) is 14.3. The second-order valence-electron chi connectivity index (χ2n) is 5.11. The number of carbonyl (C=O) groups is 3. The van der Waals surface area contributed by atoms with E-state index in [1.54, 1.807) is 17.9 Å². The molecule has 2 rings (SSSR count). The van der Waals surface area contributed by atoms with E-state index in [2.05, 4.69) is 10.3 Å². The molecule has 2 N–H and O–H groups in total. The normalized spacial score (nSPS) is 16.0. The van der Waals surface area contributed by atoms with Gasteiger partial charge in [0.1, 0.15) is 5.69 Å². The van der Waals surface area contributed by atoms with Crippen molar-refractivity contribution in [2.45, 2.75) is 32.7 Å². The minimum Gasteiger partial charge on any atom is -0.356 e. The van der Waals surface area contributed by atoms with Crippen molar-refractivity contribution in [3.63, 3.8) is 0 Å². The molecule has 0 saturated carbocycles. The van der Waals surface area contributed by atoms with Gasteiger partial charge in [0.2, 0.25) is 5.91 Å². The van der Waals surface area contributed by atoms with Crippen molar-refractivity contribution >= 4 is 17.6 Å². The number of aromatic nitrogens is 1. The lowest BCUT2D eigenvalue weighted by Crippen LogP contribution is -2.46. The first-order valence-electron chi connectivity index (χ1n) is 6.73. The van der Waals surface area contributed by atoms with Crippen LogP contribution < -0.4 is 5.32 Å². The van der Waals surface area contributed by atoms with E-state index in [9.17, 15) is 14.4 Å². The third-order valence-corrected chi connectivity index (χ3v) is 3.61. The third kappa shape index (κ3) is 3.26. The van der Waals surface area contributed by atoms with Gasteiger partial charge < -0.3 is 15.2 Å². The van der Waals surface area contributed by atoms with Gasteiger partial charge in [0.15, 0.2) is 5.78 Å². The van der Waals surface area contributed by atoms with Gasteiger partial charge in [-0.2, -0.15) is 0 Å². The van der Waals surface area contributed by atoms with Crippen molar-refractivity contribution in [3.8, 4) is 0 Å². The summed E-state index contributed by atoms with van der Waals surface area (Å²) in [6.45, 7) is 4.36. The number of Topliss-reactive ketones (excluding diaryl/α,β-unsaturated/α-hetero) is 1.